The van der Waals surface area contributed by atoms with E-state index in [1.54, 1.807) is 26.0 Å². The van der Waals surface area contributed by atoms with Crippen LogP contribution in [0.5, 0.6) is 0 Å². The molecule has 0 unspecified atom stereocenters. The van der Waals surface area contributed by atoms with Crippen LogP contribution in [0.2, 0.25) is 0 Å². The first-order valence-corrected chi connectivity index (χ1v) is 9.33. The highest BCUT2D eigenvalue weighted by Crippen LogP contribution is 2.36. The van der Waals surface area contributed by atoms with Crippen LogP contribution < -0.4 is 5.56 Å². The summed E-state index contributed by atoms with van der Waals surface area (Å²) in [5, 5.41) is 1.34. The maximum absolute atomic E-state index is 13.9. The number of alkyl halides is 3. The van der Waals surface area contributed by atoms with Crippen LogP contribution in [0.3, 0.4) is 0 Å². The number of H-pyrrole nitrogens is 1. The van der Waals surface area contributed by atoms with Crippen LogP contribution in [0, 0.1) is 4.77 Å². The van der Waals surface area contributed by atoms with E-state index in [-0.39, 0.29) is 22.2 Å². The third-order valence-electron chi connectivity index (χ3n) is 4.76. The lowest BCUT2D eigenvalue weighted by Crippen LogP contribution is -2.21. The Kier molecular flexibility index (Phi) is 4.53. The van der Waals surface area contributed by atoms with E-state index in [4.69, 9.17) is 12.2 Å². The largest absolute Gasteiger partial charge is 0.417 e. The second-order valence-electron chi connectivity index (χ2n) is 7.04. The van der Waals surface area contributed by atoms with Crippen LogP contribution in [0.15, 0.2) is 53.3 Å². The van der Waals surface area contributed by atoms with Gasteiger partial charge in [-0.2, -0.15) is 13.2 Å². The minimum atomic E-state index is -4.72. The summed E-state index contributed by atoms with van der Waals surface area (Å²) in [5.74, 6) is 0. The Balaban J connectivity index is 2.14. The van der Waals surface area contributed by atoms with E-state index >= 15 is 0 Å². The lowest BCUT2D eigenvalue weighted by Gasteiger charge is -2.18. The number of fused-ring (bicyclic) bond motifs is 2. The van der Waals surface area contributed by atoms with Crippen LogP contribution in [-0.2, 0) is 6.18 Å². The van der Waals surface area contributed by atoms with Crippen molar-refractivity contribution < 1.29 is 13.2 Å². The molecule has 0 saturated heterocycles. The molecular weight excluding hydrogens is 399 g/mol. The van der Waals surface area contributed by atoms with Crippen molar-refractivity contribution in [2.45, 2.75) is 26.1 Å². The van der Waals surface area contributed by atoms with E-state index in [9.17, 15) is 18.0 Å². The summed E-state index contributed by atoms with van der Waals surface area (Å²) in [6.07, 6.45) is -4.72. The molecule has 29 heavy (non-hydrogen) atoms. The van der Waals surface area contributed by atoms with E-state index in [1.165, 1.54) is 4.57 Å². The summed E-state index contributed by atoms with van der Waals surface area (Å²) in [7, 11) is 0. The van der Waals surface area contributed by atoms with Gasteiger partial charge in [0.05, 0.1) is 16.6 Å². The highest BCUT2D eigenvalue weighted by molar-refractivity contribution is 7.71. The number of aromatic amines is 1. The molecule has 0 atom stereocenters. The number of pyridine rings is 1. The van der Waals surface area contributed by atoms with Crippen LogP contribution in [0.25, 0.3) is 33.1 Å². The van der Waals surface area contributed by atoms with Crippen molar-refractivity contribution in [3.63, 3.8) is 0 Å². The molecule has 0 amide bonds. The van der Waals surface area contributed by atoms with Crippen LogP contribution in [0.4, 0.5) is 13.2 Å². The van der Waals surface area contributed by atoms with Crippen molar-refractivity contribution in [2.75, 3.05) is 0 Å². The van der Waals surface area contributed by atoms with Gasteiger partial charge >= 0.3 is 6.18 Å². The molecule has 1 N–H and O–H groups in total. The van der Waals surface area contributed by atoms with Gasteiger partial charge in [0.1, 0.15) is 5.65 Å². The van der Waals surface area contributed by atoms with Gasteiger partial charge in [-0.25, -0.2) is 4.98 Å². The van der Waals surface area contributed by atoms with Crippen LogP contribution in [0.1, 0.15) is 25.5 Å². The van der Waals surface area contributed by atoms with Crippen LogP contribution in [-0.4, -0.2) is 14.5 Å². The summed E-state index contributed by atoms with van der Waals surface area (Å²) in [4.78, 5) is 19.2. The average Bonchev–Trinajstić information content (AvgIpc) is 2.65. The van der Waals surface area contributed by atoms with E-state index in [2.05, 4.69) is 9.97 Å². The van der Waals surface area contributed by atoms with Crippen molar-refractivity contribution in [2.24, 2.45) is 0 Å². The Morgan fingerprint density at radius 2 is 1.76 bits per heavy atom. The number of benzene rings is 2. The van der Waals surface area contributed by atoms with Gasteiger partial charge in [-0.3, -0.25) is 14.3 Å². The number of nitrogens with one attached hydrogen (secondary N) is 1. The third kappa shape index (κ3) is 3.33. The number of aromatic nitrogens is 3. The monoisotopic (exact) mass is 415 g/mol. The fraction of sp³-hybridized carbons (Fsp3) is 0.190. The Morgan fingerprint density at radius 3 is 2.41 bits per heavy atom. The van der Waals surface area contributed by atoms with Crippen molar-refractivity contribution in [1.82, 2.24) is 14.5 Å². The Morgan fingerprint density at radius 1 is 1.07 bits per heavy atom. The molecule has 2 aromatic carbocycles. The molecule has 0 saturated carbocycles. The Hall–Kier alpha value is -3.00. The maximum Gasteiger partial charge on any atom is 0.417 e. The van der Waals surface area contributed by atoms with Gasteiger partial charge in [0, 0.05) is 11.6 Å². The second kappa shape index (κ2) is 6.81. The first kappa shape index (κ1) is 19.3. The quantitative estimate of drug-likeness (QED) is 0.416. The second-order valence-corrected chi connectivity index (χ2v) is 7.42. The SMILES string of the molecule is CC(C)n1c(=S)[nH]c(=O)c2c(C(F)(F)F)cc(-c3ccc4ccccc4c3)nc21. The molecule has 4 aromatic rings. The van der Waals surface area contributed by atoms with Gasteiger partial charge in [-0.05, 0) is 49.0 Å². The molecule has 2 aromatic heterocycles. The summed E-state index contributed by atoms with van der Waals surface area (Å²) in [6.45, 7) is 3.54. The molecule has 148 valence electrons. The van der Waals surface area contributed by atoms with E-state index in [1.807, 2.05) is 30.3 Å². The van der Waals surface area contributed by atoms with Gasteiger partial charge in [0.15, 0.2) is 4.77 Å². The van der Waals surface area contributed by atoms with Gasteiger partial charge in [0.25, 0.3) is 5.56 Å². The summed E-state index contributed by atoms with van der Waals surface area (Å²) >= 11 is 5.19. The number of hydrogen-bond acceptors (Lipinski definition) is 3. The van der Waals surface area contributed by atoms with Crippen LogP contribution >= 0.6 is 12.2 Å². The summed E-state index contributed by atoms with van der Waals surface area (Å²) < 4.78 is 43.1. The molecule has 0 aliphatic rings. The zero-order chi connectivity index (χ0) is 20.9. The minimum absolute atomic E-state index is 0.0359. The van der Waals surface area contributed by atoms with Gasteiger partial charge in [-0.15, -0.1) is 0 Å². The number of hydrogen-bond donors (Lipinski definition) is 1. The normalized spacial score (nSPS) is 12.2. The van der Waals surface area contributed by atoms with E-state index in [0.717, 1.165) is 16.8 Å². The maximum atomic E-state index is 13.9. The molecule has 0 aliphatic carbocycles. The zero-order valence-electron chi connectivity index (χ0n) is 15.5. The highest BCUT2D eigenvalue weighted by atomic mass is 32.1. The average molecular weight is 415 g/mol. The topological polar surface area (TPSA) is 50.7 Å². The fourth-order valence-electron chi connectivity index (χ4n) is 3.44. The predicted molar refractivity (Wildman–Crippen MR) is 110 cm³/mol. The molecule has 0 aliphatic heterocycles. The molecule has 4 rings (SSSR count). The van der Waals surface area contributed by atoms with E-state index < -0.39 is 22.7 Å². The van der Waals surface area contributed by atoms with Crippen molar-refractivity contribution in [3.05, 3.63) is 69.2 Å². The van der Waals surface area contributed by atoms with Gasteiger partial charge in [0.2, 0.25) is 0 Å². The number of nitrogens with zero attached hydrogens (tertiary/aromatic N) is 2. The minimum Gasteiger partial charge on any atom is -0.300 e. The van der Waals surface area contributed by atoms with Crippen molar-refractivity contribution in [3.8, 4) is 11.3 Å². The molecule has 0 fully saturated rings. The van der Waals surface area contributed by atoms with Crippen molar-refractivity contribution in [1.29, 1.82) is 0 Å². The zero-order valence-corrected chi connectivity index (χ0v) is 16.4. The lowest BCUT2D eigenvalue weighted by molar-refractivity contribution is -0.136. The smallest absolute Gasteiger partial charge is 0.300 e. The van der Waals surface area contributed by atoms with E-state index in [0.29, 0.717) is 5.56 Å². The predicted octanol–water partition coefficient (Wildman–Crippen LogP) is 5.87. The molecule has 2 heterocycles. The number of halogens is 3. The van der Waals surface area contributed by atoms with Gasteiger partial charge < -0.3 is 0 Å². The fourth-order valence-corrected chi connectivity index (χ4v) is 3.83. The first-order valence-electron chi connectivity index (χ1n) is 8.93. The van der Waals surface area contributed by atoms with Gasteiger partial charge in [-0.1, -0.05) is 36.4 Å². The molecule has 0 spiro atoms. The van der Waals surface area contributed by atoms with Crippen molar-refractivity contribution >= 4 is 34.0 Å². The molecular formula is C21H16F3N3OS. The summed E-state index contributed by atoms with van der Waals surface area (Å²) in [5.41, 5.74) is -1.35. The molecule has 0 radical (unpaired) electrons. The standard InChI is InChI=1S/C21H16F3N3OS/c1-11(2)27-18-17(19(28)26-20(27)29)15(21(22,23)24)10-16(25-18)14-8-7-12-5-3-4-6-13(12)9-14/h3-11H,1-2H3,(H,26,28,29). The third-order valence-corrected chi connectivity index (χ3v) is 5.06. The summed E-state index contributed by atoms with van der Waals surface area (Å²) in [6, 6.07) is 13.5. The molecule has 4 nitrogen and oxygen atoms in total. The Labute approximate surface area is 168 Å². The molecule has 8 heteroatoms. The molecule has 0 bridgehead atoms. The first-order chi connectivity index (χ1) is 13.7. The lowest BCUT2D eigenvalue weighted by atomic mass is 10.0. The number of rotatable bonds is 2. The Bertz CT molecular complexity index is 1370. The highest BCUT2D eigenvalue weighted by Gasteiger charge is 2.35.